The van der Waals surface area contributed by atoms with Crippen LogP contribution in [0, 0.1) is 10.5 Å². The van der Waals surface area contributed by atoms with E-state index in [0.717, 1.165) is 20.4 Å². The van der Waals surface area contributed by atoms with Crippen LogP contribution >= 0.6 is 33.9 Å². The molecule has 2 nitrogen and oxygen atoms in total. The fraction of sp³-hybridized carbons (Fsp3) is 0.0714. The first kappa shape index (κ1) is 13.3. The van der Waals surface area contributed by atoms with E-state index in [1.165, 1.54) is 0 Å². The van der Waals surface area contributed by atoms with Crippen LogP contribution in [-0.2, 0) is 4.79 Å². The zero-order valence-electron chi connectivity index (χ0n) is 9.81. The van der Waals surface area contributed by atoms with Crippen molar-refractivity contribution in [1.82, 2.24) is 0 Å². The van der Waals surface area contributed by atoms with Gasteiger partial charge in [-0.25, -0.2) is 0 Å². The van der Waals surface area contributed by atoms with Crippen molar-refractivity contribution < 1.29 is 4.79 Å². The van der Waals surface area contributed by atoms with Gasteiger partial charge in [-0.2, -0.15) is 11.3 Å². The molecule has 18 heavy (non-hydrogen) atoms. The Balaban J connectivity index is 2.03. The van der Waals surface area contributed by atoms with Crippen molar-refractivity contribution in [2.24, 2.45) is 0 Å². The van der Waals surface area contributed by atoms with Gasteiger partial charge < -0.3 is 5.32 Å². The van der Waals surface area contributed by atoms with Crippen molar-refractivity contribution in [3.63, 3.8) is 0 Å². The molecule has 4 heteroatoms. The Labute approximate surface area is 124 Å². The van der Waals surface area contributed by atoms with Crippen molar-refractivity contribution in [1.29, 1.82) is 0 Å². The third-order valence-corrected chi connectivity index (χ3v) is 3.79. The lowest BCUT2D eigenvalue weighted by Crippen LogP contribution is -2.08. The summed E-state index contributed by atoms with van der Waals surface area (Å²) in [6, 6.07) is 7.92. The van der Waals surface area contributed by atoms with Crippen molar-refractivity contribution in [3.8, 4) is 0 Å². The van der Waals surface area contributed by atoms with Crippen molar-refractivity contribution in [2.45, 2.75) is 6.92 Å². The summed E-state index contributed by atoms with van der Waals surface area (Å²) in [7, 11) is 0. The molecule has 1 N–H and O–H groups in total. The largest absolute Gasteiger partial charge is 0.322 e. The Morgan fingerprint density at radius 2 is 2.22 bits per heavy atom. The van der Waals surface area contributed by atoms with Gasteiger partial charge in [0.25, 0.3) is 0 Å². The predicted molar refractivity (Wildman–Crippen MR) is 85.9 cm³/mol. The van der Waals surface area contributed by atoms with E-state index >= 15 is 0 Å². The Morgan fingerprint density at radius 3 is 2.89 bits per heavy atom. The number of hydrogen-bond acceptors (Lipinski definition) is 2. The first-order valence-electron chi connectivity index (χ1n) is 5.42. The number of carbonyl (C=O) groups is 1. The van der Waals surface area contributed by atoms with Crippen LogP contribution < -0.4 is 5.32 Å². The highest BCUT2D eigenvalue weighted by Gasteiger charge is 2.01. The molecule has 2 aromatic rings. The quantitative estimate of drug-likeness (QED) is 0.634. The molecule has 0 fully saturated rings. The smallest absolute Gasteiger partial charge is 0.248 e. The molecule has 0 atom stereocenters. The minimum Gasteiger partial charge on any atom is -0.322 e. The van der Waals surface area contributed by atoms with Gasteiger partial charge in [-0.15, -0.1) is 0 Å². The van der Waals surface area contributed by atoms with Gasteiger partial charge in [0.15, 0.2) is 0 Å². The molecule has 0 saturated carbocycles. The lowest BCUT2D eigenvalue weighted by Gasteiger charge is -2.06. The summed E-state index contributed by atoms with van der Waals surface area (Å²) in [6.45, 7) is 1.99. The van der Waals surface area contributed by atoms with E-state index in [9.17, 15) is 4.79 Å². The Bertz CT molecular complexity index is 575. The van der Waals surface area contributed by atoms with Gasteiger partial charge in [0.2, 0.25) is 5.91 Å². The van der Waals surface area contributed by atoms with Gasteiger partial charge in [0.1, 0.15) is 0 Å². The summed E-state index contributed by atoms with van der Waals surface area (Å²) in [6.07, 6.45) is 3.37. The standard InChI is InChI=1S/C14H12INOS/c1-10-8-12(15)3-4-13(10)16-14(17)5-2-11-6-7-18-9-11/h2-9H,1H3,(H,16,17)/b5-2+. The average molecular weight is 369 g/mol. The number of nitrogens with one attached hydrogen (secondary N) is 1. The number of rotatable bonds is 3. The van der Waals surface area contributed by atoms with Gasteiger partial charge >= 0.3 is 0 Å². The van der Waals surface area contributed by atoms with Crippen LogP contribution in [0.5, 0.6) is 0 Å². The minimum atomic E-state index is -0.106. The van der Waals surface area contributed by atoms with E-state index in [1.54, 1.807) is 17.4 Å². The normalized spacial score (nSPS) is 10.8. The SMILES string of the molecule is Cc1cc(I)ccc1NC(=O)/C=C/c1ccsc1. The molecule has 0 aliphatic carbocycles. The summed E-state index contributed by atoms with van der Waals surface area (Å²) in [5, 5.41) is 6.86. The average Bonchev–Trinajstić information content (AvgIpc) is 2.83. The Hall–Kier alpha value is -1.14. The first-order chi connectivity index (χ1) is 8.65. The second-order valence-corrected chi connectivity index (χ2v) is 5.86. The van der Waals surface area contributed by atoms with Gasteiger partial charge in [-0.05, 0) is 81.7 Å². The maximum Gasteiger partial charge on any atom is 0.248 e. The van der Waals surface area contributed by atoms with Crippen molar-refractivity contribution in [2.75, 3.05) is 5.32 Å². The molecule has 0 bridgehead atoms. The third kappa shape index (κ3) is 3.68. The Morgan fingerprint density at radius 1 is 1.39 bits per heavy atom. The number of thiophene rings is 1. The summed E-state index contributed by atoms with van der Waals surface area (Å²) in [5.74, 6) is -0.106. The van der Waals surface area contributed by atoms with E-state index in [1.807, 2.05) is 48.0 Å². The highest BCUT2D eigenvalue weighted by molar-refractivity contribution is 14.1. The highest BCUT2D eigenvalue weighted by Crippen LogP contribution is 2.17. The van der Waals surface area contributed by atoms with E-state index in [0.29, 0.717) is 0 Å². The molecule has 92 valence electrons. The zero-order chi connectivity index (χ0) is 13.0. The van der Waals surface area contributed by atoms with Crippen LogP contribution in [0.1, 0.15) is 11.1 Å². The molecule has 2 rings (SSSR count). The molecule has 0 aliphatic rings. The van der Waals surface area contributed by atoms with E-state index in [-0.39, 0.29) is 5.91 Å². The summed E-state index contributed by atoms with van der Waals surface area (Å²) in [4.78, 5) is 11.7. The second kappa shape index (κ2) is 6.15. The molecule has 0 aliphatic heterocycles. The molecule has 0 saturated heterocycles. The van der Waals surface area contributed by atoms with Crippen LogP contribution in [0.15, 0.2) is 41.1 Å². The van der Waals surface area contributed by atoms with E-state index in [2.05, 4.69) is 27.9 Å². The fourth-order valence-electron chi connectivity index (χ4n) is 1.48. The molecule has 0 radical (unpaired) electrons. The molecule has 0 spiro atoms. The lowest BCUT2D eigenvalue weighted by molar-refractivity contribution is -0.111. The van der Waals surface area contributed by atoms with Gasteiger partial charge in [0, 0.05) is 15.3 Å². The Kier molecular flexibility index (Phi) is 4.54. The molecular formula is C14H12INOS. The third-order valence-electron chi connectivity index (χ3n) is 2.42. The van der Waals surface area contributed by atoms with E-state index in [4.69, 9.17) is 0 Å². The number of carbonyl (C=O) groups excluding carboxylic acids is 1. The van der Waals surface area contributed by atoms with Crippen LogP contribution in [-0.4, -0.2) is 5.91 Å². The summed E-state index contributed by atoms with van der Waals surface area (Å²) >= 11 is 3.87. The number of hydrogen-bond donors (Lipinski definition) is 1. The van der Waals surface area contributed by atoms with Gasteiger partial charge in [-0.3, -0.25) is 4.79 Å². The van der Waals surface area contributed by atoms with Crippen LogP contribution in [0.4, 0.5) is 5.69 Å². The number of benzene rings is 1. The van der Waals surface area contributed by atoms with Crippen LogP contribution in [0.3, 0.4) is 0 Å². The van der Waals surface area contributed by atoms with Gasteiger partial charge in [0.05, 0.1) is 0 Å². The summed E-state index contributed by atoms with van der Waals surface area (Å²) < 4.78 is 1.16. The molecule has 1 aromatic carbocycles. The van der Waals surface area contributed by atoms with Gasteiger partial charge in [-0.1, -0.05) is 0 Å². The molecule has 1 amide bonds. The number of amides is 1. The maximum absolute atomic E-state index is 11.7. The molecule has 1 aromatic heterocycles. The number of aryl methyl sites for hydroxylation is 1. The molecule has 1 heterocycles. The monoisotopic (exact) mass is 369 g/mol. The number of halogens is 1. The fourth-order valence-corrected chi connectivity index (χ4v) is 2.76. The maximum atomic E-state index is 11.7. The molecular weight excluding hydrogens is 357 g/mol. The van der Waals surface area contributed by atoms with Crippen molar-refractivity contribution >= 4 is 51.6 Å². The number of anilines is 1. The highest BCUT2D eigenvalue weighted by atomic mass is 127. The zero-order valence-corrected chi connectivity index (χ0v) is 12.8. The van der Waals surface area contributed by atoms with E-state index < -0.39 is 0 Å². The van der Waals surface area contributed by atoms with Crippen LogP contribution in [0.25, 0.3) is 6.08 Å². The predicted octanol–water partition coefficient (Wildman–Crippen LogP) is 4.31. The topological polar surface area (TPSA) is 29.1 Å². The molecule has 0 unspecified atom stereocenters. The van der Waals surface area contributed by atoms with Crippen LogP contribution in [0.2, 0.25) is 0 Å². The minimum absolute atomic E-state index is 0.106. The second-order valence-electron chi connectivity index (χ2n) is 3.84. The van der Waals surface area contributed by atoms with Crippen molar-refractivity contribution in [3.05, 3.63) is 55.8 Å². The lowest BCUT2D eigenvalue weighted by atomic mass is 10.2. The summed E-state index contributed by atoms with van der Waals surface area (Å²) in [5.41, 5.74) is 2.98. The first-order valence-corrected chi connectivity index (χ1v) is 7.45.